The van der Waals surface area contributed by atoms with Crippen molar-refractivity contribution in [1.82, 2.24) is 10.2 Å². The number of piperidine rings is 1. The summed E-state index contributed by atoms with van der Waals surface area (Å²) in [5.41, 5.74) is 0.0831. The number of carbonyl (C=O) groups excluding carboxylic acids is 1. The number of aromatic nitrogens is 2. The third kappa shape index (κ3) is 4.20. The first-order chi connectivity index (χ1) is 9.17. The van der Waals surface area contributed by atoms with Crippen LogP contribution in [0.1, 0.15) is 19.8 Å². The van der Waals surface area contributed by atoms with Gasteiger partial charge in [-0.3, -0.25) is 20.4 Å². The number of carbonyl (C=O) groups is 1. The number of nitrogens with zero attached hydrogens (tertiary/aromatic N) is 3. The number of nitrogens with one attached hydrogen (secondary N) is 1. The summed E-state index contributed by atoms with van der Waals surface area (Å²) in [5, 5.41) is 11.0. The Morgan fingerprint density at radius 3 is 2.95 bits per heavy atom. The third-order valence-electron chi connectivity index (χ3n) is 3.32. The van der Waals surface area contributed by atoms with Crippen LogP contribution in [-0.4, -0.2) is 37.1 Å². The van der Waals surface area contributed by atoms with E-state index in [4.69, 9.17) is 14.7 Å². The van der Waals surface area contributed by atoms with Crippen LogP contribution >= 0.6 is 0 Å². The van der Waals surface area contributed by atoms with E-state index >= 15 is 0 Å². The molecule has 19 heavy (non-hydrogen) atoms. The summed E-state index contributed by atoms with van der Waals surface area (Å²) >= 11 is 0. The van der Waals surface area contributed by atoms with Gasteiger partial charge in [-0.05, 0) is 32.9 Å². The van der Waals surface area contributed by atoms with Crippen LogP contribution in [0, 0.1) is 11.3 Å². The first kappa shape index (κ1) is 13.8. The van der Waals surface area contributed by atoms with Crippen molar-refractivity contribution >= 4 is 5.97 Å². The van der Waals surface area contributed by atoms with Crippen LogP contribution in [-0.2, 0) is 16.1 Å². The van der Waals surface area contributed by atoms with Crippen LogP contribution in [0.15, 0.2) is 10.7 Å². The maximum atomic E-state index is 11.4. The van der Waals surface area contributed by atoms with Gasteiger partial charge in [0.25, 0.3) is 5.55 Å². The molecule has 0 bridgehead atoms. The zero-order chi connectivity index (χ0) is 13.7. The van der Waals surface area contributed by atoms with Crippen molar-refractivity contribution < 1.29 is 18.7 Å². The smallest absolute Gasteiger partial charge is 0.320 e. The molecule has 7 heteroatoms. The molecule has 0 radical (unpaired) electrons. The molecule has 106 valence electrons. The third-order valence-corrected chi connectivity index (χ3v) is 3.32. The summed E-state index contributed by atoms with van der Waals surface area (Å²) in [4.78, 5) is 13.5. The van der Waals surface area contributed by atoms with Crippen LogP contribution < -0.4 is 15.5 Å². The van der Waals surface area contributed by atoms with Crippen molar-refractivity contribution in [2.24, 2.45) is 5.92 Å². The highest BCUT2D eigenvalue weighted by Gasteiger charge is 2.23. The second-order valence-corrected chi connectivity index (χ2v) is 4.81. The van der Waals surface area contributed by atoms with Crippen LogP contribution in [0.25, 0.3) is 0 Å². The van der Waals surface area contributed by atoms with Gasteiger partial charge in [0.15, 0.2) is 0 Å². The largest absolute Gasteiger partial charge is 0.487 e. The summed E-state index contributed by atoms with van der Waals surface area (Å²) in [7, 11) is 0. The Kier molecular flexibility index (Phi) is 4.73. The predicted molar refractivity (Wildman–Crippen MR) is 63.9 cm³/mol. The molecule has 2 rings (SSSR count). The second-order valence-electron chi connectivity index (χ2n) is 4.81. The Bertz CT molecular complexity index is 460. The molecular weight excluding hydrogens is 248 g/mol. The number of hydrogen-bond donors (Lipinski definition) is 1. The average molecular weight is 268 g/mol. The average Bonchev–Trinajstić information content (AvgIpc) is 2.78. The van der Waals surface area contributed by atoms with Crippen molar-refractivity contribution in [3.05, 3.63) is 11.8 Å². The van der Waals surface area contributed by atoms with E-state index in [-0.39, 0.29) is 11.5 Å². The summed E-state index contributed by atoms with van der Waals surface area (Å²) in [6.45, 7) is 5.21. The van der Waals surface area contributed by atoms with Crippen LogP contribution in [0.5, 0.6) is 0 Å². The Labute approximate surface area is 111 Å². The number of likely N-dealkylation sites (tertiary alicyclic amines) is 1. The number of ether oxygens (including phenoxy) is 1. The Morgan fingerprint density at radius 2 is 2.37 bits per heavy atom. The molecule has 0 aliphatic carbocycles. The lowest BCUT2D eigenvalue weighted by molar-refractivity contribution is -0.773. The summed E-state index contributed by atoms with van der Waals surface area (Å²) in [6.07, 6.45) is 3.63. The summed E-state index contributed by atoms with van der Waals surface area (Å²) in [6, 6.07) is 0. The number of rotatable bonds is 5. The van der Waals surface area contributed by atoms with E-state index in [0.29, 0.717) is 19.1 Å². The molecule has 1 N–H and O–H groups in total. The first-order valence-corrected chi connectivity index (χ1v) is 6.63. The van der Waals surface area contributed by atoms with Gasteiger partial charge in [0.05, 0.1) is 13.2 Å². The van der Waals surface area contributed by atoms with Gasteiger partial charge in [0.2, 0.25) is 6.20 Å². The molecule has 0 unspecified atom stereocenters. The predicted octanol–water partition coefficient (Wildman–Crippen LogP) is -0.721. The normalized spacial score (nSPS) is 17.5. The Hall–Kier alpha value is -1.63. The molecule has 0 aromatic carbocycles. The monoisotopic (exact) mass is 268 g/mol. The zero-order valence-corrected chi connectivity index (χ0v) is 11.2. The lowest BCUT2D eigenvalue weighted by atomic mass is 9.97. The SMILES string of the molecule is CCOC(=O)CN1CCC(C[n+]2cc(=N)o[n-]2)CC1. The molecule has 1 fully saturated rings. The minimum atomic E-state index is -0.148. The van der Waals surface area contributed by atoms with E-state index in [2.05, 4.69) is 10.2 Å². The molecule has 0 spiro atoms. The molecule has 0 atom stereocenters. The van der Waals surface area contributed by atoms with Gasteiger partial charge in [-0.25, -0.2) is 4.68 Å². The second kappa shape index (κ2) is 6.51. The van der Waals surface area contributed by atoms with Gasteiger partial charge in [-0.15, -0.1) is 0 Å². The quantitative estimate of drug-likeness (QED) is 0.562. The molecule has 0 saturated carbocycles. The highest BCUT2D eigenvalue weighted by Crippen LogP contribution is 2.16. The number of esters is 1. The van der Waals surface area contributed by atoms with Crippen molar-refractivity contribution in [3.8, 4) is 0 Å². The van der Waals surface area contributed by atoms with Gasteiger partial charge in [0, 0.05) is 5.92 Å². The van der Waals surface area contributed by atoms with Gasteiger partial charge in [-0.2, -0.15) is 0 Å². The molecule has 1 aromatic rings. The Balaban J connectivity index is 1.73. The lowest BCUT2D eigenvalue weighted by Crippen LogP contribution is -2.45. The maximum Gasteiger partial charge on any atom is 0.320 e. The highest BCUT2D eigenvalue weighted by atomic mass is 16.5. The number of hydrogen-bond acceptors (Lipinski definition) is 5. The maximum absolute atomic E-state index is 11.4. The molecule has 1 aromatic heterocycles. The minimum absolute atomic E-state index is 0.0831. The molecule has 1 saturated heterocycles. The van der Waals surface area contributed by atoms with E-state index in [9.17, 15) is 4.79 Å². The summed E-state index contributed by atoms with van der Waals surface area (Å²) in [5.74, 6) is 0.374. The van der Waals surface area contributed by atoms with Crippen LogP contribution in [0.3, 0.4) is 0 Å². The standard InChI is InChI=1S/C12H20N4O3/c1-2-18-12(17)9-15-5-3-10(4-6-15)7-16-8-11(13)19-14-16/h8,10,13H,2-7,9H2,1H3. The highest BCUT2D eigenvalue weighted by molar-refractivity contribution is 5.71. The van der Waals surface area contributed by atoms with Gasteiger partial charge in [0.1, 0.15) is 6.54 Å². The van der Waals surface area contributed by atoms with Crippen molar-refractivity contribution in [3.63, 3.8) is 0 Å². The lowest BCUT2D eigenvalue weighted by Gasteiger charge is -2.29. The molecule has 7 nitrogen and oxygen atoms in total. The van der Waals surface area contributed by atoms with Crippen LogP contribution in [0.2, 0.25) is 0 Å². The van der Waals surface area contributed by atoms with Gasteiger partial charge >= 0.3 is 5.97 Å². The molecule has 1 aliphatic rings. The summed E-state index contributed by atoms with van der Waals surface area (Å²) < 4.78 is 11.3. The molecule has 0 amide bonds. The van der Waals surface area contributed by atoms with Crippen LogP contribution in [0.4, 0.5) is 0 Å². The fraction of sp³-hybridized carbons (Fsp3) is 0.750. The first-order valence-electron chi connectivity index (χ1n) is 6.63. The molecule has 1 aliphatic heterocycles. The van der Waals surface area contributed by atoms with E-state index < -0.39 is 0 Å². The van der Waals surface area contributed by atoms with Gasteiger partial charge in [-0.1, -0.05) is 0 Å². The van der Waals surface area contributed by atoms with Crippen molar-refractivity contribution in [1.29, 1.82) is 5.41 Å². The van der Waals surface area contributed by atoms with E-state index in [0.717, 1.165) is 32.5 Å². The van der Waals surface area contributed by atoms with E-state index in [1.807, 2.05) is 6.92 Å². The minimum Gasteiger partial charge on any atom is -0.487 e. The van der Waals surface area contributed by atoms with E-state index in [1.165, 1.54) is 0 Å². The topological polar surface area (TPSA) is 84.5 Å². The van der Waals surface area contributed by atoms with Crippen molar-refractivity contribution in [2.45, 2.75) is 26.3 Å². The molecule has 2 heterocycles. The Morgan fingerprint density at radius 1 is 1.63 bits per heavy atom. The molecular formula is C12H20N4O3. The fourth-order valence-electron chi connectivity index (χ4n) is 2.35. The van der Waals surface area contributed by atoms with Gasteiger partial charge < -0.3 is 9.26 Å². The van der Waals surface area contributed by atoms with E-state index in [1.54, 1.807) is 10.9 Å². The fourth-order valence-corrected chi connectivity index (χ4v) is 2.35. The zero-order valence-electron chi connectivity index (χ0n) is 11.2. The van der Waals surface area contributed by atoms with Crippen molar-refractivity contribution in [2.75, 3.05) is 26.2 Å².